The van der Waals surface area contributed by atoms with Crippen molar-refractivity contribution in [3.8, 4) is 0 Å². The van der Waals surface area contributed by atoms with Crippen molar-refractivity contribution in [2.24, 2.45) is 0 Å². The molecule has 0 atom stereocenters. The number of pyridine rings is 1. The third-order valence-corrected chi connectivity index (χ3v) is 4.02. The minimum absolute atomic E-state index is 0.755. The van der Waals surface area contributed by atoms with Crippen molar-refractivity contribution in [1.82, 2.24) is 10.3 Å². The predicted molar refractivity (Wildman–Crippen MR) is 79.4 cm³/mol. The van der Waals surface area contributed by atoms with E-state index < -0.39 is 0 Å². The van der Waals surface area contributed by atoms with Crippen molar-refractivity contribution in [1.29, 1.82) is 0 Å². The molecule has 0 bridgehead atoms. The van der Waals surface area contributed by atoms with Crippen LogP contribution in [0.1, 0.15) is 51.0 Å². The van der Waals surface area contributed by atoms with Crippen LogP contribution in [0.3, 0.4) is 0 Å². The minimum atomic E-state index is 0.755. The molecule has 0 saturated heterocycles. The highest BCUT2D eigenvalue weighted by molar-refractivity contribution is 5.43. The SMILES string of the molecule is CCCCN(c1cc(CNC2CC2)ccn1)C1CC1. The molecule has 19 heavy (non-hydrogen) atoms. The monoisotopic (exact) mass is 259 g/mol. The summed E-state index contributed by atoms with van der Waals surface area (Å²) in [5.41, 5.74) is 1.37. The fraction of sp³-hybridized carbons (Fsp3) is 0.688. The summed E-state index contributed by atoms with van der Waals surface area (Å²) in [7, 11) is 0. The van der Waals surface area contributed by atoms with Gasteiger partial charge in [0.25, 0.3) is 0 Å². The minimum Gasteiger partial charge on any atom is -0.354 e. The molecule has 0 amide bonds. The number of rotatable bonds is 8. The van der Waals surface area contributed by atoms with Gasteiger partial charge < -0.3 is 10.2 Å². The Bertz CT molecular complexity index is 410. The highest BCUT2D eigenvalue weighted by Gasteiger charge is 2.29. The van der Waals surface area contributed by atoms with E-state index in [-0.39, 0.29) is 0 Å². The first-order chi connectivity index (χ1) is 9.36. The van der Waals surface area contributed by atoms with Crippen LogP contribution < -0.4 is 10.2 Å². The van der Waals surface area contributed by atoms with Crippen LogP contribution in [-0.4, -0.2) is 23.6 Å². The summed E-state index contributed by atoms with van der Waals surface area (Å²) in [5, 5.41) is 3.58. The van der Waals surface area contributed by atoms with Crippen molar-refractivity contribution >= 4 is 5.82 Å². The van der Waals surface area contributed by atoms with E-state index in [1.165, 1.54) is 49.9 Å². The summed E-state index contributed by atoms with van der Waals surface area (Å²) < 4.78 is 0. The molecular formula is C16H25N3. The maximum atomic E-state index is 4.59. The van der Waals surface area contributed by atoms with Crippen molar-refractivity contribution < 1.29 is 0 Å². The van der Waals surface area contributed by atoms with E-state index in [0.717, 1.165) is 25.2 Å². The molecule has 3 rings (SSSR count). The summed E-state index contributed by atoms with van der Waals surface area (Å²) in [6, 6.07) is 5.95. The number of nitrogens with zero attached hydrogens (tertiary/aromatic N) is 2. The zero-order valence-corrected chi connectivity index (χ0v) is 11.9. The van der Waals surface area contributed by atoms with Gasteiger partial charge in [-0.3, -0.25) is 0 Å². The highest BCUT2D eigenvalue weighted by Crippen LogP contribution is 2.31. The van der Waals surface area contributed by atoms with Gasteiger partial charge in [-0.1, -0.05) is 13.3 Å². The van der Waals surface area contributed by atoms with Crippen LogP contribution in [0.4, 0.5) is 5.82 Å². The molecular weight excluding hydrogens is 234 g/mol. The van der Waals surface area contributed by atoms with Crippen LogP contribution in [0.15, 0.2) is 18.3 Å². The molecule has 2 aliphatic carbocycles. The number of unbranched alkanes of at least 4 members (excludes halogenated alkanes) is 1. The Morgan fingerprint density at radius 1 is 1.32 bits per heavy atom. The summed E-state index contributed by atoms with van der Waals surface area (Å²) in [4.78, 5) is 7.11. The molecule has 0 spiro atoms. The molecule has 1 aromatic rings. The third kappa shape index (κ3) is 3.69. The fourth-order valence-electron chi connectivity index (χ4n) is 2.48. The molecule has 1 N–H and O–H groups in total. The van der Waals surface area contributed by atoms with Crippen LogP contribution in [0.5, 0.6) is 0 Å². The zero-order valence-electron chi connectivity index (χ0n) is 11.9. The first kappa shape index (κ1) is 12.9. The van der Waals surface area contributed by atoms with E-state index in [0.29, 0.717) is 0 Å². The molecule has 3 nitrogen and oxygen atoms in total. The Hall–Kier alpha value is -1.09. The molecule has 0 unspecified atom stereocenters. The lowest BCUT2D eigenvalue weighted by atomic mass is 10.2. The second-order valence-corrected chi connectivity index (χ2v) is 5.96. The van der Waals surface area contributed by atoms with E-state index >= 15 is 0 Å². The maximum Gasteiger partial charge on any atom is 0.129 e. The standard InChI is InChI=1S/C16H25N3/c1-2-3-10-19(15-6-7-15)16-11-13(8-9-17-16)12-18-14-4-5-14/h8-9,11,14-15,18H,2-7,10,12H2,1H3. The fourth-order valence-corrected chi connectivity index (χ4v) is 2.48. The van der Waals surface area contributed by atoms with E-state index in [1.807, 2.05) is 6.20 Å². The molecule has 2 fully saturated rings. The topological polar surface area (TPSA) is 28.2 Å². The molecule has 1 heterocycles. The van der Waals surface area contributed by atoms with Crippen LogP contribution in [-0.2, 0) is 6.54 Å². The van der Waals surface area contributed by atoms with Gasteiger partial charge in [-0.15, -0.1) is 0 Å². The second-order valence-electron chi connectivity index (χ2n) is 5.96. The smallest absolute Gasteiger partial charge is 0.129 e. The maximum absolute atomic E-state index is 4.59. The van der Waals surface area contributed by atoms with Crippen molar-refractivity contribution in [3.05, 3.63) is 23.9 Å². The second kappa shape index (κ2) is 5.91. The molecule has 2 saturated carbocycles. The number of nitrogens with one attached hydrogen (secondary N) is 1. The van der Waals surface area contributed by atoms with Gasteiger partial charge in [0.15, 0.2) is 0 Å². The Morgan fingerprint density at radius 2 is 2.16 bits per heavy atom. The zero-order chi connectivity index (χ0) is 13.1. The first-order valence-corrected chi connectivity index (χ1v) is 7.82. The Balaban J connectivity index is 1.64. The van der Waals surface area contributed by atoms with E-state index in [2.05, 4.69) is 34.3 Å². The van der Waals surface area contributed by atoms with E-state index in [1.54, 1.807) is 0 Å². The van der Waals surface area contributed by atoms with Gasteiger partial charge in [-0.05, 0) is 49.8 Å². The summed E-state index contributed by atoms with van der Waals surface area (Å²) >= 11 is 0. The average Bonchev–Trinajstić information content (AvgIpc) is 3.30. The number of hydrogen-bond acceptors (Lipinski definition) is 3. The quantitative estimate of drug-likeness (QED) is 0.777. The van der Waals surface area contributed by atoms with Crippen LogP contribution >= 0.6 is 0 Å². The summed E-state index contributed by atoms with van der Waals surface area (Å²) in [6.07, 6.45) is 9.88. The lowest BCUT2D eigenvalue weighted by molar-refractivity contribution is 0.681. The lowest BCUT2D eigenvalue weighted by Gasteiger charge is -2.23. The number of anilines is 1. The first-order valence-electron chi connectivity index (χ1n) is 7.82. The van der Waals surface area contributed by atoms with Crippen LogP contribution in [0.25, 0.3) is 0 Å². The lowest BCUT2D eigenvalue weighted by Crippen LogP contribution is -2.28. The normalized spacial score (nSPS) is 18.6. The van der Waals surface area contributed by atoms with Crippen molar-refractivity contribution in [2.75, 3.05) is 11.4 Å². The molecule has 0 radical (unpaired) electrons. The Kier molecular flexibility index (Phi) is 4.02. The third-order valence-electron chi connectivity index (χ3n) is 4.02. The van der Waals surface area contributed by atoms with Gasteiger partial charge in [-0.2, -0.15) is 0 Å². The van der Waals surface area contributed by atoms with Gasteiger partial charge in [0.05, 0.1) is 0 Å². The molecule has 104 valence electrons. The van der Waals surface area contributed by atoms with Gasteiger partial charge in [0.1, 0.15) is 5.82 Å². The molecule has 2 aliphatic rings. The summed E-state index contributed by atoms with van der Waals surface area (Å²) in [6.45, 7) is 4.41. The predicted octanol–water partition coefficient (Wildman–Crippen LogP) is 3.10. The summed E-state index contributed by atoms with van der Waals surface area (Å²) in [5.74, 6) is 1.19. The van der Waals surface area contributed by atoms with Crippen LogP contribution in [0.2, 0.25) is 0 Å². The molecule has 0 aliphatic heterocycles. The van der Waals surface area contributed by atoms with Crippen molar-refractivity contribution in [2.45, 2.75) is 64.1 Å². The molecule has 3 heteroatoms. The highest BCUT2D eigenvalue weighted by atomic mass is 15.2. The van der Waals surface area contributed by atoms with Crippen molar-refractivity contribution in [3.63, 3.8) is 0 Å². The largest absolute Gasteiger partial charge is 0.354 e. The Morgan fingerprint density at radius 3 is 2.84 bits per heavy atom. The average molecular weight is 259 g/mol. The van der Waals surface area contributed by atoms with Gasteiger partial charge in [0, 0.05) is 31.4 Å². The van der Waals surface area contributed by atoms with E-state index in [9.17, 15) is 0 Å². The molecule has 0 aromatic carbocycles. The van der Waals surface area contributed by atoms with Crippen LogP contribution in [0, 0.1) is 0 Å². The number of aromatic nitrogens is 1. The van der Waals surface area contributed by atoms with Gasteiger partial charge >= 0.3 is 0 Å². The Labute approximate surface area is 116 Å². The molecule has 1 aromatic heterocycles. The van der Waals surface area contributed by atoms with E-state index in [4.69, 9.17) is 0 Å². The van der Waals surface area contributed by atoms with Gasteiger partial charge in [0.2, 0.25) is 0 Å². The number of hydrogen-bond donors (Lipinski definition) is 1. The van der Waals surface area contributed by atoms with Gasteiger partial charge in [-0.25, -0.2) is 4.98 Å².